The molecule has 0 aromatic heterocycles. The number of carbonyl (C=O) groups excluding carboxylic acids is 2. The molecule has 0 aliphatic heterocycles. The zero-order chi connectivity index (χ0) is 15.7. The van der Waals surface area contributed by atoms with Gasteiger partial charge in [-0.25, -0.2) is 4.79 Å². The van der Waals surface area contributed by atoms with Gasteiger partial charge in [0.2, 0.25) is 0 Å². The molecule has 0 unspecified atom stereocenters. The number of esters is 1. The molecule has 1 fully saturated rings. The lowest BCUT2D eigenvalue weighted by Crippen LogP contribution is -2.44. The molecule has 0 heterocycles. The molecule has 0 radical (unpaired) electrons. The molecule has 2 N–H and O–H groups in total. The Labute approximate surface area is 124 Å². The van der Waals surface area contributed by atoms with Gasteiger partial charge in [-0.05, 0) is 32.6 Å². The van der Waals surface area contributed by atoms with Crippen molar-refractivity contribution in [2.24, 2.45) is 0 Å². The number of nitrogens with zero attached hydrogens (tertiary/aromatic N) is 1. The number of amides is 2. The van der Waals surface area contributed by atoms with Crippen LogP contribution in [-0.4, -0.2) is 53.7 Å². The van der Waals surface area contributed by atoms with E-state index in [0.717, 1.165) is 25.7 Å². The van der Waals surface area contributed by atoms with E-state index in [1.807, 2.05) is 0 Å². The second kappa shape index (κ2) is 9.20. The zero-order valence-corrected chi connectivity index (χ0v) is 12.5. The van der Waals surface area contributed by atoms with E-state index in [1.165, 1.54) is 4.90 Å². The third kappa shape index (κ3) is 7.53. The first-order valence-corrected chi connectivity index (χ1v) is 7.46. The Balaban J connectivity index is 2.20. The normalized spacial score (nSPS) is 13.6. The van der Waals surface area contributed by atoms with Crippen molar-refractivity contribution < 1.29 is 24.2 Å². The molecular formula is C14H24N2O5. The molecule has 0 aromatic carbocycles. The summed E-state index contributed by atoms with van der Waals surface area (Å²) in [5, 5.41) is 11.3. The minimum Gasteiger partial charge on any atom is -0.481 e. The Bertz CT molecular complexity index is 368. The third-order valence-electron chi connectivity index (χ3n) is 3.20. The fraction of sp³-hybridized carbons (Fsp3) is 0.786. The molecule has 120 valence electrons. The second-order valence-corrected chi connectivity index (χ2v) is 5.10. The SMILES string of the molecule is CCOC(=O)CN(C(=O)NCCCCCC(=O)O)C1CC1. The highest BCUT2D eigenvalue weighted by Crippen LogP contribution is 2.26. The van der Waals surface area contributed by atoms with E-state index in [2.05, 4.69) is 5.32 Å². The predicted molar refractivity (Wildman–Crippen MR) is 75.9 cm³/mol. The van der Waals surface area contributed by atoms with Crippen molar-refractivity contribution in [2.45, 2.75) is 51.5 Å². The van der Waals surface area contributed by atoms with Gasteiger partial charge in [-0.3, -0.25) is 9.59 Å². The molecule has 1 aliphatic rings. The third-order valence-corrected chi connectivity index (χ3v) is 3.20. The summed E-state index contributed by atoms with van der Waals surface area (Å²) in [6.45, 7) is 2.52. The van der Waals surface area contributed by atoms with Gasteiger partial charge in [0.25, 0.3) is 0 Å². The lowest BCUT2D eigenvalue weighted by Gasteiger charge is -2.21. The molecule has 7 nitrogen and oxygen atoms in total. The number of carbonyl (C=O) groups is 3. The van der Waals surface area contributed by atoms with Gasteiger partial charge < -0.3 is 20.1 Å². The highest BCUT2D eigenvalue weighted by atomic mass is 16.5. The Hall–Kier alpha value is -1.79. The lowest BCUT2D eigenvalue weighted by molar-refractivity contribution is -0.144. The smallest absolute Gasteiger partial charge is 0.325 e. The van der Waals surface area contributed by atoms with E-state index < -0.39 is 5.97 Å². The van der Waals surface area contributed by atoms with Crippen molar-refractivity contribution >= 4 is 18.0 Å². The average Bonchev–Trinajstić information content (AvgIpc) is 3.24. The number of nitrogens with one attached hydrogen (secondary N) is 1. The molecule has 0 saturated heterocycles. The average molecular weight is 300 g/mol. The van der Waals surface area contributed by atoms with Gasteiger partial charge in [0.05, 0.1) is 6.61 Å². The molecule has 2 amide bonds. The zero-order valence-electron chi connectivity index (χ0n) is 12.5. The molecule has 0 bridgehead atoms. The summed E-state index contributed by atoms with van der Waals surface area (Å²) in [7, 11) is 0. The van der Waals surface area contributed by atoms with Crippen LogP contribution in [-0.2, 0) is 14.3 Å². The van der Waals surface area contributed by atoms with Crippen LogP contribution in [0.15, 0.2) is 0 Å². The van der Waals surface area contributed by atoms with Gasteiger partial charge in [-0.15, -0.1) is 0 Å². The minimum atomic E-state index is -0.798. The summed E-state index contributed by atoms with van der Waals surface area (Å²) in [6.07, 6.45) is 4.10. The van der Waals surface area contributed by atoms with E-state index >= 15 is 0 Å². The number of carboxylic acids is 1. The first-order valence-electron chi connectivity index (χ1n) is 7.46. The van der Waals surface area contributed by atoms with Gasteiger partial charge in [0, 0.05) is 19.0 Å². The maximum Gasteiger partial charge on any atom is 0.325 e. The lowest BCUT2D eigenvalue weighted by atomic mass is 10.2. The summed E-state index contributed by atoms with van der Waals surface area (Å²) >= 11 is 0. The second-order valence-electron chi connectivity index (χ2n) is 5.10. The summed E-state index contributed by atoms with van der Waals surface area (Å²) in [5.74, 6) is -1.19. The van der Waals surface area contributed by atoms with Crippen LogP contribution >= 0.6 is 0 Å². The van der Waals surface area contributed by atoms with Crippen molar-refractivity contribution in [1.82, 2.24) is 10.2 Å². The largest absolute Gasteiger partial charge is 0.481 e. The molecule has 21 heavy (non-hydrogen) atoms. The maximum atomic E-state index is 12.0. The summed E-state index contributed by atoms with van der Waals surface area (Å²) in [6, 6.07) is -0.106. The highest BCUT2D eigenvalue weighted by Gasteiger charge is 2.34. The topological polar surface area (TPSA) is 95.9 Å². The maximum absolute atomic E-state index is 12.0. The number of rotatable bonds is 10. The molecule has 1 saturated carbocycles. The number of carboxylic acid groups (broad SMARTS) is 1. The predicted octanol–water partition coefficient (Wildman–Crippen LogP) is 1.37. The van der Waals surface area contributed by atoms with E-state index in [1.54, 1.807) is 6.92 Å². The van der Waals surface area contributed by atoms with E-state index in [-0.39, 0.29) is 31.0 Å². The summed E-state index contributed by atoms with van der Waals surface area (Å²) in [5.41, 5.74) is 0. The van der Waals surface area contributed by atoms with E-state index in [0.29, 0.717) is 19.6 Å². The number of unbranched alkanes of at least 4 members (excludes halogenated alkanes) is 2. The minimum absolute atomic E-state index is 0.0106. The molecule has 7 heteroatoms. The first-order chi connectivity index (χ1) is 10.0. The standard InChI is InChI=1S/C14H24N2O5/c1-2-21-13(19)10-16(11-7-8-11)14(20)15-9-5-3-4-6-12(17)18/h11H,2-10H2,1H3,(H,15,20)(H,17,18). The quantitative estimate of drug-likeness (QED) is 0.469. The number of urea groups is 1. The van der Waals surface area contributed by atoms with Crippen molar-refractivity contribution in [3.8, 4) is 0 Å². The number of ether oxygens (including phenoxy) is 1. The molecule has 0 spiro atoms. The van der Waals surface area contributed by atoms with Crippen molar-refractivity contribution in [3.63, 3.8) is 0 Å². The van der Waals surface area contributed by atoms with Crippen molar-refractivity contribution in [3.05, 3.63) is 0 Å². The van der Waals surface area contributed by atoms with Gasteiger partial charge in [-0.1, -0.05) is 6.42 Å². The molecule has 0 atom stereocenters. The number of hydrogen-bond acceptors (Lipinski definition) is 4. The van der Waals surface area contributed by atoms with Crippen molar-refractivity contribution in [2.75, 3.05) is 19.7 Å². The molecular weight excluding hydrogens is 276 g/mol. The van der Waals surface area contributed by atoms with Gasteiger partial charge in [0.15, 0.2) is 0 Å². The summed E-state index contributed by atoms with van der Waals surface area (Å²) < 4.78 is 4.86. The van der Waals surface area contributed by atoms with Gasteiger partial charge >= 0.3 is 18.0 Å². The van der Waals surface area contributed by atoms with Crippen molar-refractivity contribution in [1.29, 1.82) is 0 Å². The monoisotopic (exact) mass is 300 g/mol. The summed E-state index contributed by atoms with van der Waals surface area (Å²) in [4.78, 5) is 35.4. The van der Waals surface area contributed by atoms with Gasteiger partial charge in [-0.2, -0.15) is 0 Å². The van der Waals surface area contributed by atoms with Crippen LogP contribution < -0.4 is 5.32 Å². The Morgan fingerprint density at radius 3 is 2.52 bits per heavy atom. The van der Waals surface area contributed by atoms with Crippen LogP contribution in [0.25, 0.3) is 0 Å². The highest BCUT2D eigenvalue weighted by molar-refractivity contribution is 5.81. The van der Waals surface area contributed by atoms with Gasteiger partial charge in [0.1, 0.15) is 6.54 Å². The fourth-order valence-corrected chi connectivity index (χ4v) is 1.97. The van der Waals surface area contributed by atoms with Crippen LogP contribution in [0.1, 0.15) is 45.4 Å². The fourth-order valence-electron chi connectivity index (χ4n) is 1.97. The molecule has 1 rings (SSSR count). The molecule has 0 aromatic rings. The van der Waals surface area contributed by atoms with Crippen LogP contribution in [0.2, 0.25) is 0 Å². The van der Waals surface area contributed by atoms with E-state index in [9.17, 15) is 14.4 Å². The van der Waals surface area contributed by atoms with E-state index in [4.69, 9.17) is 9.84 Å². The number of aliphatic carboxylic acids is 1. The van der Waals surface area contributed by atoms with Crippen LogP contribution in [0.5, 0.6) is 0 Å². The van der Waals surface area contributed by atoms with Crippen LogP contribution in [0, 0.1) is 0 Å². The Kier molecular flexibility index (Phi) is 7.56. The Morgan fingerprint density at radius 1 is 1.24 bits per heavy atom. The van der Waals surface area contributed by atoms with Crippen LogP contribution in [0.4, 0.5) is 4.79 Å². The first kappa shape index (κ1) is 17.3. The van der Waals surface area contributed by atoms with Crippen LogP contribution in [0.3, 0.4) is 0 Å². The number of hydrogen-bond donors (Lipinski definition) is 2. The molecule has 1 aliphatic carbocycles. The Morgan fingerprint density at radius 2 is 1.95 bits per heavy atom.